The Morgan fingerprint density at radius 1 is 1.00 bits per heavy atom. The zero-order valence-corrected chi connectivity index (χ0v) is 8.00. The van der Waals surface area contributed by atoms with Gasteiger partial charge in [0.05, 0.1) is 5.56 Å². The second-order valence-electron chi connectivity index (χ2n) is 3.13. The summed E-state index contributed by atoms with van der Waals surface area (Å²) in [7, 11) is 0. The summed E-state index contributed by atoms with van der Waals surface area (Å²) < 4.78 is 1.92. The fraction of sp³-hybridized carbons (Fsp3) is 0. The lowest BCUT2D eigenvalue weighted by molar-refractivity contribution is -0.595. The topological polar surface area (TPSA) is 41.2 Å². The summed E-state index contributed by atoms with van der Waals surface area (Å²) in [5.74, 6) is -0.903. The molecule has 0 bridgehead atoms. The number of carboxylic acid groups (broad SMARTS) is 1. The first kappa shape index (κ1) is 9.40. The van der Waals surface area contributed by atoms with Crippen molar-refractivity contribution in [3.05, 3.63) is 60.4 Å². The molecule has 1 aromatic heterocycles. The summed E-state index contributed by atoms with van der Waals surface area (Å²) in [6, 6.07) is 12.5. The van der Waals surface area contributed by atoms with Crippen molar-refractivity contribution in [2.75, 3.05) is 0 Å². The highest BCUT2D eigenvalue weighted by molar-refractivity contribution is 5.87. The molecule has 1 N–H and O–H groups in total. The van der Waals surface area contributed by atoms with Crippen LogP contribution < -0.4 is 4.57 Å². The van der Waals surface area contributed by atoms with E-state index in [0.717, 1.165) is 5.69 Å². The summed E-state index contributed by atoms with van der Waals surface area (Å²) >= 11 is 0. The van der Waals surface area contributed by atoms with E-state index in [9.17, 15) is 4.79 Å². The van der Waals surface area contributed by atoms with E-state index in [1.54, 1.807) is 24.3 Å². The van der Waals surface area contributed by atoms with Gasteiger partial charge in [-0.3, -0.25) is 0 Å². The molecule has 0 aliphatic heterocycles. The van der Waals surface area contributed by atoms with E-state index in [1.807, 2.05) is 35.2 Å². The highest BCUT2D eigenvalue weighted by Gasteiger charge is 2.06. The van der Waals surface area contributed by atoms with Crippen molar-refractivity contribution in [1.82, 2.24) is 0 Å². The first-order valence-corrected chi connectivity index (χ1v) is 4.57. The number of carboxylic acids is 1. The van der Waals surface area contributed by atoms with Crippen molar-refractivity contribution in [1.29, 1.82) is 0 Å². The Kier molecular flexibility index (Phi) is 2.46. The fourth-order valence-corrected chi connectivity index (χ4v) is 1.35. The van der Waals surface area contributed by atoms with E-state index >= 15 is 0 Å². The predicted octanol–water partition coefficient (Wildman–Crippen LogP) is 1.66. The minimum atomic E-state index is -0.903. The van der Waals surface area contributed by atoms with Crippen molar-refractivity contribution in [2.45, 2.75) is 0 Å². The molecule has 3 nitrogen and oxygen atoms in total. The van der Waals surface area contributed by atoms with Gasteiger partial charge in [0.1, 0.15) is 0 Å². The monoisotopic (exact) mass is 200 g/mol. The molecule has 0 radical (unpaired) electrons. The number of aromatic carboxylic acids is 1. The number of hydrogen-bond acceptors (Lipinski definition) is 1. The maximum atomic E-state index is 10.6. The van der Waals surface area contributed by atoms with Gasteiger partial charge in [0, 0.05) is 24.3 Å². The van der Waals surface area contributed by atoms with Gasteiger partial charge in [-0.2, -0.15) is 4.57 Å². The first-order chi connectivity index (χ1) is 7.27. The third kappa shape index (κ3) is 2.02. The van der Waals surface area contributed by atoms with Crippen LogP contribution in [0.4, 0.5) is 0 Å². The minimum absolute atomic E-state index is 0.301. The Bertz CT molecular complexity index is 463. The Hall–Kier alpha value is -2.16. The molecule has 3 heteroatoms. The fourth-order valence-electron chi connectivity index (χ4n) is 1.35. The van der Waals surface area contributed by atoms with Gasteiger partial charge in [0.2, 0.25) is 5.69 Å². The van der Waals surface area contributed by atoms with Crippen LogP contribution in [0, 0.1) is 0 Å². The Balaban J connectivity index is 2.36. The highest BCUT2D eigenvalue weighted by Crippen LogP contribution is 2.03. The molecule has 1 heterocycles. The van der Waals surface area contributed by atoms with Crippen LogP contribution in [0.2, 0.25) is 0 Å². The maximum absolute atomic E-state index is 10.6. The average molecular weight is 200 g/mol. The van der Waals surface area contributed by atoms with Crippen LogP contribution in [-0.2, 0) is 0 Å². The lowest BCUT2D eigenvalue weighted by Crippen LogP contribution is -2.28. The predicted molar refractivity (Wildman–Crippen MR) is 54.9 cm³/mol. The zero-order chi connectivity index (χ0) is 10.7. The Morgan fingerprint density at radius 3 is 2.13 bits per heavy atom. The highest BCUT2D eigenvalue weighted by atomic mass is 16.4. The van der Waals surface area contributed by atoms with Crippen LogP contribution in [0.1, 0.15) is 10.4 Å². The van der Waals surface area contributed by atoms with Gasteiger partial charge >= 0.3 is 5.97 Å². The molecule has 0 fully saturated rings. The third-order valence-corrected chi connectivity index (χ3v) is 2.13. The van der Waals surface area contributed by atoms with Crippen molar-refractivity contribution >= 4 is 5.97 Å². The van der Waals surface area contributed by atoms with Crippen molar-refractivity contribution < 1.29 is 14.5 Å². The molecule has 0 unspecified atom stereocenters. The van der Waals surface area contributed by atoms with Gasteiger partial charge in [-0.25, -0.2) is 4.79 Å². The molecule has 0 amide bonds. The molecule has 0 atom stereocenters. The zero-order valence-electron chi connectivity index (χ0n) is 8.00. The Labute approximate surface area is 87.2 Å². The molecule has 15 heavy (non-hydrogen) atoms. The molecule has 2 rings (SSSR count). The van der Waals surface area contributed by atoms with Crippen LogP contribution in [0.25, 0.3) is 5.69 Å². The maximum Gasteiger partial charge on any atom is 0.335 e. The van der Waals surface area contributed by atoms with Crippen molar-refractivity contribution in [3.8, 4) is 5.69 Å². The second kappa shape index (κ2) is 3.92. The van der Waals surface area contributed by atoms with Gasteiger partial charge in [0.15, 0.2) is 12.4 Å². The second-order valence-corrected chi connectivity index (χ2v) is 3.13. The minimum Gasteiger partial charge on any atom is -0.478 e. The van der Waals surface area contributed by atoms with Crippen molar-refractivity contribution in [3.63, 3.8) is 0 Å². The summed E-state index contributed by atoms with van der Waals surface area (Å²) in [4.78, 5) is 10.6. The summed E-state index contributed by atoms with van der Waals surface area (Å²) in [6.45, 7) is 0. The quantitative estimate of drug-likeness (QED) is 0.749. The lowest BCUT2D eigenvalue weighted by atomic mass is 10.2. The SMILES string of the molecule is O=C(O)c1ccc(-[n+]2ccccc2)cc1. The Morgan fingerprint density at radius 2 is 1.60 bits per heavy atom. The first-order valence-electron chi connectivity index (χ1n) is 4.57. The number of rotatable bonds is 2. The molecular weight excluding hydrogens is 190 g/mol. The summed E-state index contributed by atoms with van der Waals surface area (Å²) in [5.41, 5.74) is 1.25. The number of nitrogens with zero attached hydrogens (tertiary/aromatic N) is 1. The van der Waals surface area contributed by atoms with Crippen LogP contribution in [-0.4, -0.2) is 11.1 Å². The smallest absolute Gasteiger partial charge is 0.335 e. The van der Waals surface area contributed by atoms with Crippen molar-refractivity contribution in [2.24, 2.45) is 0 Å². The normalized spacial score (nSPS) is 9.87. The van der Waals surface area contributed by atoms with Crippen LogP contribution in [0.5, 0.6) is 0 Å². The third-order valence-electron chi connectivity index (χ3n) is 2.13. The largest absolute Gasteiger partial charge is 0.478 e. The summed E-state index contributed by atoms with van der Waals surface area (Å²) in [5, 5.41) is 8.74. The van der Waals surface area contributed by atoms with Crippen LogP contribution in [0.3, 0.4) is 0 Å². The molecule has 1 aromatic carbocycles. The van der Waals surface area contributed by atoms with Crippen LogP contribution >= 0.6 is 0 Å². The number of hydrogen-bond donors (Lipinski definition) is 1. The van der Waals surface area contributed by atoms with E-state index in [-0.39, 0.29) is 0 Å². The molecule has 2 aromatic rings. The van der Waals surface area contributed by atoms with E-state index in [1.165, 1.54) is 0 Å². The molecule has 0 saturated heterocycles. The lowest BCUT2D eigenvalue weighted by Gasteiger charge is -1.95. The van der Waals surface area contributed by atoms with Crippen LogP contribution in [0.15, 0.2) is 54.9 Å². The van der Waals surface area contributed by atoms with Gasteiger partial charge in [-0.05, 0) is 12.1 Å². The van der Waals surface area contributed by atoms with Gasteiger partial charge in [-0.1, -0.05) is 6.07 Å². The number of pyridine rings is 1. The molecule has 0 aliphatic carbocycles. The average Bonchev–Trinajstić information content (AvgIpc) is 2.30. The van der Waals surface area contributed by atoms with Gasteiger partial charge < -0.3 is 5.11 Å². The van der Waals surface area contributed by atoms with E-state index in [2.05, 4.69) is 0 Å². The molecule has 0 spiro atoms. The number of benzene rings is 1. The van der Waals surface area contributed by atoms with Gasteiger partial charge in [0.25, 0.3) is 0 Å². The number of aromatic nitrogens is 1. The molecule has 0 aliphatic rings. The standard InChI is InChI=1S/C12H9NO2/c14-12(15)10-4-6-11(7-5-10)13-8-2-1-3-9-13/h1-9H/p+1. The van der Waals surface area contributed by atoms with E-state index < -0.39 is 5.97 Å². The van der Waals surface area contributed by atoms with Gasteiger partial charge in [-0.15, -0.1) is 0 Å². The molecular formula is C12H10NO2+. The number of carbonyl (C=O) groups is 1. The molecule has 74 valence electrons. The molecule has 0 saturated carbocycles. The summed E-state index contributed by atoms with van der Waals surface area (Å²) in [6.07, 6.45) is 3.82. The van der Waals surface area contributed by atoms with E-state index in [0.29, 0.717) is 5.56 Å². The van der Waals surface area contributed by atoms with E-state index in [4.69, 9.17) is 5.11 Å².